The van der Waals surface area contributed by atoms with Gasteiger partial charge in [-0.15, -0.1) is 0 Å². The average molecular weight is 403 g/mol. The van der Waals surface area contributed by atoms with Gasteiger partial charge in [0, 0.05) is 6.04 Å². The Labute approximate surface area is 171 Å². The van der Waals surface area contributed by atoms with Gasteiger partial charge in [0.15, 0.2) is 6.61 Å². The number of hydrogen-bond donors (Lipinski definition) is 2. The molecule has 0 saturated carbocycles. The van der Waals surface area contributed by atoms with Crippen LogP contribution in [0.5, 0.6) is 0 Å². The minimum absolute atomic E-state index is 0.0814. The molecular formula is C21H29N3O5. The second kappa shape index (κ2) is 10.0. The Bertz CT molecular complexity index is 746. The first-order chi connectivity index (χ1) is 13.8. The van der Waals surface area contributed by atoms with Gasteiger partial charge in [0.05, 0.1) is 0 Å². The topological polar surface area (TPSA) is 105 Å². The van der Waals surface area contributed by atoms with Gasteiger partial charge in [0.1, 0.15) is 12.1 Å². The summed E-state index contributed by atoms with van der Waals surface area (Å²) in [7, 11) is 0. The van der Waals surface area contributed by atoms with Crippen molar-refractivity contribution in [1.82, 2.24) is 15.5 Å². The number of nitrogens with zero attached hydrogens (tertiary/aromatic N) is 1. The van der Waals surface area contributed by atoms with Crippen LogP contribution in [0.3, 0.4) is 0 Å². The third-order valence-electron chi connectivity index (χ3n) is 5.22. The molecule has 2 N–H and O–H groups in total. The SMILES string of the molecule is CCC1(CC)NC(=O)N(CC(=O)OCC(=O)N[C@H](C)CCc2ccccc2)C1=O. The van der Waals surface area contributed by atoms with E-state index < -0.39 is 42.5 Å². The van der Waals surface area contributed by atoms with E-state index in [2.05, 4.69) is 10.6 Å². The van der Waals surface area contributed by atoms with Gasteiger partial charge in [0.25, 0.3) is 11.8 Å². The normalized spacial score (nSPS) is 16.3. The molecule has 1 saturated heterocycles. The summed E-state index contributed by atoms with van der Waals surface area (Å²) in [5.74, 6) is -1.67. The number of amides is 4. The zero-order valence-electron chi connectivity index (χ0n) is 17.2. The summed E-state index contributed by atoms with van der Waals surface area (Å²) in [5.41, 5.74) is 0.215. The zero-order valence-corrected chi connectivity index (χ0v) is 17.2. The zero-order chi connectivity index (χ0) is 21.4. The minimum Gasteiger partial charge on any atom is -0.454 e. The molecule has 1 atom stereocenters. The second-order valence-corrected chi connectivity index (χ2v) is 7.26. The van der Waals surface area contributed by atoms with Crippen molar-refractivity contribution < 1.29 is 23.9 Å². The summed E-state index contributed by atoms with van der Waals surface area (Å²) in [6, 6.07) is 9.24. The second-order valence-electron chi connectivity index (χ2n) is 7.26. The molecule has 0 radical (unpaired) electrons. The highest BCUT2D eigenvalue weighted by atomic mass is 16.5. The van der Waals surface area contributed by atoms with Crippen LogP contribution in [0.25, 0.3) is 0 Å². The van der Waals surface area contributed by atoms with E-state index in [9.17, 15) is 19.2 Å². The Kier molecular flexibility index (Phi) is 7.75. The van der Waals surface area contributed by atoms with Crippen molar-refractivity contribution in [1.29, 1.82) is 0 Å². The van der Waals surface area contributed by atoms with Crippen LogP contribution in [0.2, 0.25) is 0 Å². The van der Waals surface area contributed by atoms with E-state index in [0.29, 0.717) is 12.8 Å². The molecule has 1 heterocycles. The molecule has 1 fully saturated rings. The van der Waals surface area contributed by atoms with Gasteiger partial charge in [-0.25, -0.2) is 4.79 Å². The lowest BCUT2D eigenvalue weighted by Gasteiger charge is -2.22. The van der Waals surface area contributed by atoms with E-state index in [4.69, 9.17) is 4.74 Å². The fraction of sp³-hybridized carbons (Fsp3) is 0.524. The lowest BCUT2D eigenvalue weighted by atomic mass is 9.93. The third kappa shape index (κ3) is 5.79. The highest BCUT2D eigenvalue weighted by Gasteiger charge is 2.49. The summed E-state index contributed by atoms with van der Waals surface area (Å²) in [6.45, 7) is 4.51. The molecule has 158 valence electrons. The summed E-state index contributed by atoms with van der Waals surface area (Å²) in [4.78, 5) is 49.3. The predicted octanol–water partition coefficient (Wildman–Crippen LogP) is 1.78. The number of nitrogens with one attached hydrogen (secondary N) is 2. The Morgan fingerprint density at radius 1 is 1.17 bits per heavy atom. The van der Waals surface area contributed by atoms with Crippen LogP contribution in [0.4, 0.5) is 4.79 Å². The van der Waals surface area contributed by atoms with Gasteiger partial charge < -0.3 is 15.4 Å². The van der Waals surface area contributed by atoms with E-state index >= 15 is 0 Å². The third-order valence-corrected chi connectivity index (χ3v) is 5.22. The van der Waals surface area contributed by atoms with Gasteiger partial charge in [-0.05, 0) is 38.2 Å². The predicted molar refractivity (Wildman–Crippen MR) is 107 cm³/mol. The largest absolute Gasteiger partial charge is 0.454 e. The van der Waals surface area contributed by atoms with Crippen molar-refractivity contribution in [3.05, 3.63) is 35.9 Å². The molecule has 29 heavy (non-hydrogen) atoms. The maximum atomic E-state index is 12.5. The van der Waals surface area contributed by atoms with E-state index in [1.165, 1.54) is 5.56 Å². The molecule has 1 aliphatic rings. The van der Waals surface area contributed by atoms with Crippen molar-refractivity contribution in [3.8, 4) is 0 Å². The Morgan fingerprint density at radius 3 is 2.41 bits per heavy atom. The van der Waals surface area contributed by atoms with E-state index in [0.717, 1.165) is 17.7 Å². The van der Waals surface area contributed by atoms with Crippen molar-refractivity contribution >= 4 is 23.8 Å². The molecule has 1 aromatic rings. The summed E-state index contributed by atoms with van der Waals surface area (Å²) in [5, 5.41) is 5.41. The lowest BCUT2D eigenvalue weighted by Crippen LogP contribution is -2.46. The fourth-order valence-corrected chi connectivity index (χ4v) is 3.29. The Hall–Kier alpha value is -2.90. The van der Waals surface area contributed by atoms with E-state index in [1.807, 2.05) is 37.3 Å². The molecule has 2 rings (SSSR count). The molecular weight excluding hydrogens is 374 g/mol. The van der Waals surface area contributed by atoms with Crippen molar-refractivity contribution in [2.45, 2.75) is 58.0 Å². The number of ether oxygens (including phenoxy) is 1. The molecule has 4 amide bonds. The first-order valence-corrected chi connectivity index (χ1v) is 9.94. The van der Waals surface area contributed by atoms with Gasteiger partial charge in [0.2, 0.25) is 0 Å². The first kappa shape index (κ1) is 22.4. The van der Waals surface area contributed by atoms with Crippen LogP contribution >= 0.6 is 0 Å². The van der Waals surface area contributed by atoms with E-state index in [-0.39, 0.29) is 6.04 Å². The maximum absolute atomic E-state index is 12.5. The number of urea groups is 1. The lowest BCUT2D eigenvalue weighted by molar-refractivity contribution is -0.151. The van der Waals surface area contributed by atoms with Crippen LogP contribution in [-0.2, 0) is 25.5 Å². The number of esters is 1. The standard InChI is InChI=1S/C21H29N3O5/c1-4-21(5-2)19(27)24(20(28)23-21)13-18(26)29-14-17(25)22-15(3)11-12-16-9-7-6-8-10-16/h6-10,15H,4-5,11-14H2,1-3H3,(H,22,25)(H,23,28)/t15-/m1/s1. The monoisotopic (exact) mass is 403 g/mol. The number of aryl methyl sites for hydroxylation is 1. The average Bonchev–Trinajstić information content (AvgIpc) is 2.96. The van der Waals surface area contributed by atoms with Crippen LogP contribution < -0.4 is 10.6 Å². The van der Waals surface area contributed by atoms with Crippen LogP contribution in [0, 0.1) is 0 Å². The van der Waals surface area contributed by atoms with Gasteiger partial charge in [-0.1, -0.05) is 44.2 Å². The molecule has 0 aliphatic carbocycles. The molecule has 0 aromatic heterocycles. The van der Waals surface area contributed by atoms with Crippen LogP contribution in [0.1, 0.15) is 45.6 Å². The van der Waals surface area contributed by atoms with Gasteiger partial charge in [-0.3, -0.25) is 19.3 Å². The van der Waals surface area contributed by atoms with Gasteiger partial charge in [-0.2, -0.15) is 0 Å². The van der Waals surface area contributed by atoms with E-state index in [1.54, 1.807) is 13.8 Å². The minimum atomic E-state index is -0.969. The quantitative estimate of drug-likeness (QED) is 0.458. The van der Waals surface area contributed by atoms with Crippen LogP contribution in [-0.4, -0.2) is 53.4 Å². The highest BCUT2D eigenvalue weighted by Crippen LogP contribution is 2.24. The van der Waals surface area contributed by atoms with Crippen molar-refractivity contribution in [3.63, 3.8) is 0 Å². The first-order valence-electron chi connectivity index (χ1n) is 9.94. The molecule has 8 heteroatoms. The van der Waals surface area contributed by atoms with Crippen LogP contribution in [0.15, 0.2) is 30.3 Å². The number of hydrogen-bond acceptors (Lipinski definition) is 5. The molecule has 1 aliphatic heterocycles. The molecule has 1 aromatic carbocycles. The number of carbonyl (C=O) groups excluding carboxylic acids is 4. The Balaban J connectivity index is 1.73. The molecule has 0 unspecified atom stereocenters. The van der Waals surface area contributed by atoms with Crippen molar-refractivity contribution in [2.24, 2.45) is 0 Å². The molecule has 0 spiro atoms. The smallest absolute Gasteiger partial charge is 0.326 e. The molecule has 0 bridgehead atoms. The molecule has 8 nitrogen and oxygen atoms in total. The number of benzene rings is 1. The summed E-state index contributed by atoms with van der Waals surface area (Å²) < 4.78 is 4.94. The van der Waals surface area contributed by atoms with Gasteiger partial charge >= 0.3 is 12.0 Å². The van der Waals surface area contributed by atoms with Crippen molar-refractivity contribution in [2.75, 3.05) is 13.2 Å². The maximum Gasteiger partial charge on any atom is 0.326 e. The number of imide groups is 1. The summed E-state index contributed by atoms with van der Waals surface area (Å²) in [6.07, 6.45) is 2.44. The number of rotatable bonds is 10. The Morgan fingerprint density at radius 2 is 1.83 bits per heavy atom. The summed E-state index contributed by atoms with van der Waals surface area (Å²) >= 11 is 0. The highest BCUT2D eigenvalue weighted by molar-refractivity contribution is 6.08. The fourth-order valence-electron chi connectivity index (χ4n) is 3.29. The number of carbonyl (C=O) groups is 4.